The molecule has 0 aliphatic heterocycles. The molecule has 0 aliphatic carbocycles. The minimum absolute atomic E-state index is 1.09. The average molecular weight is 201 g/mol. The van der Waals surface area contributed by atoms with E-state index in [0.29, 0.717) is 0 Å². The highest BCUT2D eigenvalue weighted by atomic mass is 79.9. The molecule has 0 saturated carbocycles. The molecule has 0 fully saturated rings. The van der Waals surface area contributed by atoms with Crippen LogP contribution in [-0.2, 0) is 7.05 Å². The van der Waals surface area contributed by atoms with Crippen molar-refractivity contribution in [2.45, 2.75) is 0 Å². The van der Waals surface area contributed by atoms with E-state index < -0.39 is 0 Å². The van der Waals surface area contributed by atoms with E-state index in [4.69, 9.17) is 0 Å². The first-order chi connectivity index (χ1) is 4.74. The van der Waals surface area contributed by atoms with Gasteiger partial charge in [0.15, 0.2) is 0 Å². The summed E-state index contributed by atoms with van der Waals surface area (Å²) in [5.74, 6) is 0. The highest BCUT2D eigenvalue weighted by molar-refractivity contribution is 9.10. The molecule has 1 rings (SSSR count). The lowest BCUT2D eigenvalue weighted by molar-refractivity contribution is 0.916. The molecule has 0 aliphatic rings. The molecule has 0 aromatic carbocycles. The summed E-state index contributed by atoms with van der Waals surface area (Å²) in [6.07, 6.45) is 3.82. The standard InChI is InChI=1S/C7H9BrN2/c1-9-4-7-3-6(8)5-10(7)2/h3-5H,1-2H3. The van der Waals surface area contributed by atoms with Crippen LogP contribution in [-0.4, -0.2) is 17.8 Å². The van der Waals surface area contributed by atoms with Crippen molar-refractivity contribution in [2.24, 2.45) is 12.0 Å². The van der Waals surface area contributed by atoms with E-state index in [9.17, 15) is 0 Å². The largest absolute Gasteiger partial charge is 0.349 e. The van der Waals surface area contributed by atoms with Crippen LogP contribution in [0.1, 0.15) is 5.69 Å². The summed E-state index contributed by atoms with van der Waals surface area (Å²) in [5, 5.41) is 0. The van der Waals surface area contributed by atoms with Gasteiger partial charge in [0.2, 0.25) is 0 Å². The fourth-order valence-corrected chi connectivity index (χ4v) is 1.34. The first kappa shape index (κ1) is 7.54. The van der Waals surface area contributed by atoms with Gasteiger partial charge in [0, 0.05) is 31.0 Å². The molecule has 0 atom stereocenters. The molecule has 0 saturated heterocycles. The normalized spacial score (nSPS) is 11.1. The summed E-state index contributed by atoms with van der Waals surface area (Å²) in [7, 11) is 3.75. The summed E-state index contributed by atoms with van der Waals surface area (Å²) < 4.78 is 3.10. The van der Waals surface area contributed by atoms with E-state index >= 15 is 0 Å². The van der Waals surface area contributed by atoms with Gasteiger partial charge in [-0.2, -0.15) is 0 Å². The Morgan fingerprint density at radius 1 is 1.70 bits per heavy atom. The van der Waals surface area contributed by atoms with Gasteiger partial charge < -0.3 is 4.57 Å². The van der Waals surface area contributed by atoms with Crippen LogP contribution in [0.15, 0.2) is 21.7 Å². The zero-order valence-corrected chi connectivity index (χ0v) is 7.59. The van der Waals surface area contributed by atoms with Crippen LogP contribution in [0.2, 0.25) is 0 Å². The molecule has 0 unspecified atom stereocenters. The van der Waals surface area contributed by atoms with Gasteiger partial charge in [-0.3, -0.25) is 4.99 Å². The van der Waals surface area contributed by atoms with E-state index in [0.717, 1.165) is 10.2 Å². The van der Waals surface area contributed by atoms with E-state index in [2.05, 4.69) is 20.9 Å². The van der Waals surface area contributed by atoms with Crippen molar-refractivity contribution in [1.29, 1.82) is 0 Å². The summed E-state index contributed by atoms with van der Waals surface area (Å²) in [5.41, 5.74) is 1.11. The Morgan fingerprint density at radius 2 is 2.40 bits per heavy atom. The SMILES string of the molecule is CN=Cc1cc(Br)cn1C. The average Bonchev–Trinajstić information content (AvgIpc) is 2.13. The smallest absolute Gasteiger partial charge is 0.0597 e. The second-order valence-electron chi connectivity index (χ2n) is 2.08. The second kappa shape index (κ2) is 3.01. The molecule has 0 spiro atoms. The lowest BCUT2D eigenvalue weighted by Crippen LogP contribution is -1.91. The lowest BCUT2D eigenvalue weighted by Gasteiger charge is -1.91. The Morgan fingerprint density at radius 3 is 2.80 bits per heavy atom. The predicted octanol–water partition coefficient (Wildman–Crippen LogP) is 1.84. The highest BCUT2D eigenvalue weighted by Gasteiger charge is 1.95. The van der Waals surface area contributed by atoms with Crippen LogP contribution >= 0.6 is 15.9 Å². The van der Waals surface area contributed by atoms with Gasteiger partial charge in [0.1, 0.15) is 0 Å². The molecule has 2 nitrogen and oxygen atoms in total. The third kappa shape index (κ3) is 1.48. The highest BCUT2D eigenvalue weighted by Crippen LogP contribution is 2.11. The molecule has 0 radical (unpaired) electrons. The molecule has 1 aromatic rings. The van der Waals surface area contributed by atoms with Gasteiger partial charge in [-0.15, -0.1) is 0 Å². The number of aryl methyl sites for hydroxylation is 1. The number of hydrogen-bond donors (Lipinski definition) is 0. The zero-order chi connectivity index (χ0) is 7.56. The number of nitrogens with zero attached hydrogens (tertiary/aromatic N) is 2. The molecule has 1 aromatic heterocycles. The van der Waals surface area contributed by atoms with Crippen LogP contribution in [0.25, 0.3) is 0 Å². The molecule has 3 heteroatoms. The molecule has 54 valence electrons. The van der Waals surface area contributed by atoms with Crippen molar-refractivity contribution in [1.82, 2.24) is 4.57 Å². The third-order valence-electron chi connectivity index (χ3n) is 1.27. The van der Waals surface area contributed by atoms with Crippen LogP contribution in [0, 0.1) is 0 Å². The first-order valence-corrected chi connectivity index (χ1v) is 3.77. The van der Waals surface area contributed by atoms with Gasteiger partial charge in [0.05, 0.1) is 5.69 Å². The van der Waals surface area contributed by atoms with Gasteiger partial charge in [-0.25, -0.2) is 0 Å². The zero-order valence-electron chi connectivity index (χ0n) is 6.00. The molecule has 10 heavy (non-hydrogen) atoms. The Bertz CT molecular complexity index is 250. The van der Waals surface area contributed by atoms with Crippen LogP contribution in [0.3, 0.4) is 0 Å². The van der Waals surface area contributed by atoms with E-state index in [1.807, 2.05) is 30.1 Å². The van der Waals surface area contributed by atoms with Crippen molar-refractivity contribution >= 4 is 22.1 Å². The van der Waals surface area contributed by atoms with Crippen LogP contribution in [0.5, 0.6) is 0 Å². The lowest BCUT2D eigenvalue weighted by atomic mass is 10.5. The minimum Gasteiger partial charge on any atom is -0.349 e. The van der Waals surface area contributed by atoms with Gasteiger partial charge in [-0.1, -0.05) is 0 Å². The van der Waals surface area contributed by atoms with Gasteiger partial charge >= 0.3 is 0 Å². The Kier molecular flexibility index (Phi) is 2.27. The fraction of sp³-hybridized carbons (Fsp3) is 0.286. The van der Waals surface area contributed by atoms with Crippen molar-refractivity contribution < 1.29 is 0 Å². The van der Waals surface area contributed by atoms with Gasteiger partial charge in [-0.05, 0) is 22.0 Å². The van der Waals surface area contributed by atoms with E-state index in [-0.39, 0.29) is 0 Å². The molecular weight excluding hydrogens is 192 g/mol. The quantitative estimate of drug-likeness (QED) is 0.617. The number of aliphatic imine (C=N–C) groups is 1. The number of rotatable bonds is 1. The Balaban J connectivity index is 3.03. The number of halogens is 1. The topological polar surface area (TPSA) is 17.3 Å². The van der Waals surface area contributed by atoms with Crippen LogP contribution < -0.4 is 0 Å². The first-order valence-electron chi connectivity index (χ1n) is 2.98. The monoisotopic (exact) mass is 200 g/mol. The molecule has 0 bridgehead atoms. The summed E-state index contributed by atoms with van der Waals surface area (Å²) in [4.78, 5) is 3.91. The van der Waals surface area contributed by atoms with Crippen molar-refractivity contribution in [3.63, 3.8) is 0 Å². The maximum absolute atomic E-state index is 3.91. The summed E-state index contributed by atoms with van der Waals surface area (Å²) >= 11 is 3.37. The fourth-order valence-electron chi connectivity index (χ4n) is 0.800. The summed E-state index contributed by atoms with van der Waals surface area (Å²) in [6.45, 7) is 0. The molecule has 0 amide bonds. The second-order valence-corrected chi connectivity index (χ2v) is 3.00. The predicted molar refractivity (Wildman–Crippen MR) is 46.6 cm³/mol. The maximum atomic E-state index is 3.91. The van der Waals surface area contributed by atoms with E-state index in [1.54, 1.807) is 7.05 Å². The van der Waals surface area contributed by atoms with Crippen LogP contribution in [0.4, 0.5) is 0 Å². The molecular formula is C7H9BrN2. The maximum Gasteiger partial charge on any atom is 0.0597 e. The molecule has 0 N–H and O–H groups in total. The van der Waals surface area contributed by atoms with Gasteiger partial charge in [0.25, 0.3) is 0 Å². The minimum atomic E-state index is 1.09. The molecule has 1 heterocycles. The number of aromatic nitrogens is 1. The van der Waals surface area contributed by atoms with E-state index in [1.165, 1.54) is 0 Å². The summed E-state index contributed by atoms with van der Waals surface area (Å²) in [6, 6.07) is 2.02. The van der Waals surface area contributed by atoms with Crippen molar-refractivity contribution in [2.75, 3.05) is 7.05 Å². The third-order valence-corrected chi connectivity index (χ3v) is 1.71. The van der Waals surface area contributed by atoms with Crippen molar-refractivity contribution in [3.05, 3.63) is 22.4 Å². The number of hydrogen-bond acceptors (Lipinski definition) is 1. The van der Waals surface area contributed by atoms with Crippen molar-refractivity contribution in [3.8, 4) is 0 Å². The Hall–Kier alpha value is -0.570. The Labute approximate surface area is 68.7 Å².